The number of amides is 1. The van der Waals surface area contributed by atoms with Crippen molar-refractivity contribution in [2.75, 3.05) is 26.2 Å². The molecule has 4 heteroatoms. The van der Waals surface area contributed by atoms with E-state index in [1.165, 1.54) is 11.1 Å². The summed E-state index contributed by atoms with van der Waals surface area (Å²) in [6.45, 7) is 6.23. The van der Waals surface area contributed by atoms with E-state index in [4.69, 9.17) is 0 Å². The lowest BCUT2D eigenvalue weighted by molar-refractivity contribution is -0.126. The fourth-order valence-electron chi connectivity index (χ4n) is 4.37. The molecule has 3 aromatic carbocycles. The minimum absolute atomic E-state index is 0.0972. The van der Waals surface area contributed by atoms with Gasteiger partial charge in [0.15, 0.2) is 0 Å². The highest BCUT2D eigenvalue weighted by Gasteiger charge is 2.30. The summed E-state index contributed by atoms with van der Waals surface area (Å²) in [7, 11) is 0. The molecule has 0 unspecified atom stereocenters. The number of nitrogens with zero attached hydrogens (tertiary/aromatic N) is 2. The highest BCUT2D eigenvalue weighted by molar-refractivity contribution is 5.81. The van der Waals surface area contributed by atoms with Gasteiger partial charge in [0.05, 0.1) is 12.1 Å². The average molecular weight is 414 g/mol. The minimum Gasteiger partial charge on any atom is -0.351 e. The average Bonchev–Trinajstić information content (AvgIpc) is 2.85. The van der Waals surface area contributed by atoms with Gasteiger partial charge in [0.2, 0.25) is 5.91 Å². The van der Waals surface area contributed by atoms with Gasteiger partial charge in [0.1, 0.15) is 0 Å². The van der Waals surface area contributed by atoms with Crippen molar-refractivity contribution < 1.29 is 4.79 Å². The molecule has 1 aliphatic rings. The van der Waals surface area contributed by atoms with Crippen LogP contribution < -0.4 is 5.32 Å². The summed E-state index contributed by atoms with van der Waals surface area (Å²) in [5, 5.41) is 3.09. The molecule has 1 fully saturated rings. The largest absolute Gasteiger partial charge is 0.351 e. The molecule has 0 radical (unpaired) electrons. The number of carbonyl (C=O) groups is 1. The van der Waals surface area contributed by atoms with Gasteiger partial charge in [0.25, 0.3) is 0 Å². The summed E-state index contributed by atoms with van der Waals surface area (Å²) in [4.78, 5) is 17.5. The number of hydrogen-bond donors (Lipinski definition) is 1. The fraction of sp³-hybridized carbons (Fsp3) is 0.296. The molecule has 1 saturated heterocycles. The lowest BCUT2D eigenvalue weighted by atomic mass is 9.96. The van der Waals surface area contributed by atoms with E-state index in [2.05, 4.69) is 75.8 Å². The molecule has 1 atom stereocenters. The Morgan fingerprint density at radius 1 is 0.742 bits per heavy atom. The molecule has 1 N–H and O–H groups in total. The molecule has 0 saturated carbocycles. The van der Waals surface area contributed by atoms with Gasteiger partial charge in [-0.2, -0.15) is 0 Å². The van der Waals surface area contributed by atoms with Crippen LogP contribution in [0.4, 0.5) is 0 Å². The van der Waals surface area contributed by atoms with E-state index in [1.54, 1.807) is 0 Å². The van der Waals surface area contributed by atoms with Crippen molar-refractivity contribution in [1.29, 1.82) is 0 Å². The Bertz CT molecular complexity index is 898. The molecule has 3 aromatic rings. The SMILES string of the molecule is C[C@@H](C(=O)NCc1ccccc1)N1CCN(C(c2ccccc2)c2ccccc2)CC1. The summed E-state index contributed by atoms with van der Waals surface area (Å²) in [5.74, 6) is 0.0972. The predicted octanol–water partition coefficient (Wildman–Crippen LogP) is 4.10. The van der Waals surface area contributed by atoms with E-state index in [0.717, 1.165) is 31.7 Å². The minimum atomic E-state index is -0.127. The van der Waals surface area contributed by atoms with Crippen LogP contribution in [0, 0.1) is 0 Å². The number of piperazine rings is 1. The third kappa shape index (κ3) is 5.40. The van der Waals surface area contributed by atoms with E-state index in [1.807, 2.05) is 37.3 Å². The van der Waals surface area contributed by atoms with E-state index < -0.39 is 0 Å². The molecule has 31 heavy (non-hydrogen) atoms. The molecule has 1 heterocycles. The van der Waals surface area contributed by atoms with Crippen molar-refractivity contribution >= 4 is 5.91 Å². The van der Waals surface area contributed by atoms with Gasteiger partial charge in [-0.05, 0) is 23.6 Å². The molecule has 1 aliphatic heterocycles. The Morgan fingerprint density at radius 2 is 1.19 bits per heavy atom. The molecule has 0 aliphatic carbocycles. The Kier molecular flexibility index (Phi) is 7.13. The van der Waals surface area contributed by atoms with Crippen molar-refractivity contribution in [2.24, 2.45) is 0 Å². The van der Waals surface area contributed by atoms with Crippen molar-refractivity contribution in [1.82, 2.24) is 15.1 Å². The quantitative estimate of drug-likeness (QED) is 0.634. The monoisotopic (exact) mass is 413 g/mol. The van der Waals surface area contributed by atoms with Crippen molar-refractivity contribution in [2.45, 2.75) is 25.6 Å². The molecule has 0 bridgehead atoms. The Balaban J connectivity index is 1.38. The maximum absolute atomic E-state index is 12.7. The van der Waals surface area contributed by atoms with Crippen molar-refractivity contribution in [3.05, 3.63) is 108 Å². The van der Waals surface area contributed by atoms with Crippen LogP contribution in [0.25, 0.3) is 0 Å². The molecule has 4 nitrogen and oxygen atoms in total. The first-order valence-electron chi connectivity index (χ1n) is 11.1. The van der Waals surface area contributed by atoms with Crippen LogP contribution in [-0.2, 0) is 11.3 Å². The molecular formula is C27H31N3O. The third-order valence-electron chi connectivity index (χ3n) is 6.18. The summed E-state index contributed by atoms with van der Waals surface area (Å²) < 4.78 is 0. The van der Waals surface area contributed by atoms with Crippen LogP contribution in [0.3, 0.4) is 0 Å². The first kappa shape index (κ1) is 21.3. The maximum atomic E-state index is 12.7. The van der Waals surface area contributed by atoms with Gasteiger partial charge >= 0.3 is 0 Å². The zero-order valence-corrected chi connectivity index (χ0v) is 18.2. The van der Waals surface area contributed by atoms with Gasteiger partial charge in [0, 0.05) is 32.7 Å². The first-order chi connectivity index (χ1) is 15.2. The molecule has 160 valence electrons. The van der Waals surface area contributed by atoms with Gasteiger partial charge < -0.3 is 5.32 Å². The van der Waals surface area contributed by atoms with Crippen LogP contribution >= 0.6 is 0 Å². The highest BCUT2D eigenvalue weighted by atomic mass is 16.2. The number of rotatable bonds is 7. The Hall–Kier alpha value is -2.95. The Morgan fingerprint density at radius 3 is 1.71 bits per heavy atom. The van der Waals surface area contributed by atoms with Gasteiger partial charge in [-0.15, -0.1) is 0 Å². The van der Waals surface area contributed by atoms with Crippen LogP contribution in [0.5, 0.6) is 0 Å². The van der Waals surface area contributed by atoms with Gasteiger partial charge in [-0.25, -0.2) is 0 Å². The topological polar surface area (TPSA) is 35.6 Å². The van der Waals surface area contributed by atoms with Crippen LogP contribution in [0.15, 0.2) is 91.0 Å². The predicted molar refractivity (Wildman–Crippen MR) is 126 cm³/mol. The zero-order chi connectivity index (χ0) is 21.5. The fourth-order valence-corrected chi connectivity index (χ4v) is 4.37. The van der Waals surface area contributed by atoms with E-state index >= 15 is 0 Å². The molecule has 0 spiro atoms. The van der Waals surface area contributed by atoms with Crippen LogP contribution in [0.2, 0.25) is 0 Å². The first-order valence-corrected chi connectivity index (χ1v) is 11.1. The van der Waals surface area contributed by atoms with Crippen molar-refractivity contribution in [3.63, 3.8) is 0 Å². The molecular weight excluding hydrogens is 382 g/mol. The van der Waals surface area contributed by atoms with Crippen molar-refractivity contribution in [3.8, 4) is 0 Å². The molecule has 0 aromatic heterocycles. The normalized spacial score (nSPS) is 16.2. The Labute approximate surface area is 185 Å². The van der Waals surface area contributed by atoms with Crippen LogP contribution in [0.1, 0.15) is 29.7 Å². The number of benzene rings is 3. The summed E-state index contributed by atoms with van der Waals surface area (Å²) in [6.07, 6.45) is 0. The number of carbonyl (C=O) groups excluding carboxylic acids is 1. The summed E-state index contributed by atoms with van der Waals surface area (Å²) in [6, 6.07) is 31.6. The smallest absolute Gasteiger partial charge is 0.237 e. The van der Waals surface area contributed by atoms with Gasteiger partial charge in [-0.3, -0.25) is 14.6 Å². The van der Waals surface area contributed by atoms with E-state index in [-0.39, 0.29) is 18.0 Å². The second-order valence-corrected chi connectivity index (χ2v) is 8.18. The summed E-state index contributed by atoms with van der Waals surface area (Å²) in [5.41, 5.74) is 3.76. The lowest BCUT2D eigenvalue weighted by Crippen LogP contribution is -2.54. The second kappa shape index (κ2) is 10.4. The lowest BCUT2D eigenvalue weighted by Gasteiger charge is -2.41. The van der Waals surface area contributed by atoms with E-state index in [0.29, 0.717) is 6.54 Å². The van der Waals surface area contributed by atoms with E-state index in [9.17, 15) is 4.79 Å². The third-order valence-corrected chi connectivity index (χ3v) is 6.18. The maximum Gasteiger partial charge on any atom is 0.237 e. The second-order valence-electron chi connectivity index (χ2n) is 8.18. The highest BCUT2D eigenvalue weighted by Crippen LogP contribution is 2.29. The molecule has 1 amide bonds. The summed E-state index contributed by atoms with van der Waals surface area (Å²) >= 11 is 0. The van der Waals surface area contributed by atoms with Gasteiger partial charge in [-0.1, -0.05) is 91.0 Å². The van der Waals surface area contributed by atoms with Crippen LogP contribution in [-0.4, -0.2) is 47.9 Å². The zero-order valence-electron chi connectivity index (χ0n) is 18.2. The number of nitrogens with one attached hydrogen (secondary N) is 1. The molecule has 4 rings (SSSR count). The number of hydrogen-bond acceptors (Lipinski definition) is 3. The standard InChI is InChI=1S/C27H31N3O/c1-22(27(31)28-21-23-11-5-2-6-12-23)29-17-19-30(20-18-29)26(24-13-7-3-8-14-24)25-15-9-4-10-16-25/h2-16,22,26H,17-21H2,1H3,(H,28,31)/t22-/m0/s1.